The second-order valence-electron chi connectivity index (χ2n) is 6.52. The smallest absolute Gasteiger partial charge is 0.261 e. The van der Waals surface area contributed by atoms with Gasteiger partial charge in [-0.2, -0.15) is 0 Å². The molecule has 7 heteroatoms. The van der Waals surface area contributed by atoms with E-state index in [9.17, 15) is 14.4 Å². The number of amides is 3. The molecule has 2 aromatic rings. The first-order chi connectivity index (χ1) is 13.0. The average molecular weight is 381 g/mol. The topological polar surface area (TPSA) is 78.5 Å². The van der Waals surface area contributed by atoms with Crippen molar-refractivity contribution in [2.45, 2.75) is 36.0 Å². The number of anilines is 3. The Kier molecular flexibility index (Phi) is 4.39. The SMILES string of the molecule is CCC(=O)Nc1ccc(NC(=O)C23CCC(=O)N2c2ccccc2S3)cc1. The Morgan fingerprint density at radius 3 is 2.44 bits per heavy atom. The van der Waals surface area contributed by atoms with E-state index in [-0.39, 0.29) is 17.7 Å². The van der Waals surface area contributed by atoms with Crippen LogP contribution in [0.1, 0.15) is 26.2 Å². The number of carbonyl (C=O) groups excluding carboxylic acids is 3. The second-order valence-corrected chi connectivity index (χ2v) is 7.84. The summed E-state index contributed by atoms with van der Waals surface area (Å²) >= 11 is 1.44. The van der Waals surface area contributed by atoms with E-state index in [1.807, 2.05) is 24.3 Å². The van der Waals surface area contributed by atoms with Crippen LogP contribution in [0, 0.1) is 0 Å². The molecule has 2 aliphatic rings. The van der Waals surface area contributed by atoms with Gasteiger partial charge in [-0.05, 0) is 42.8 Å². The van der Waals surface area contributed by atoms with E-state index >= 15 is 0 Å². The summed E-state index contributed by atoms with van der Waals surface area (Å²) in [5.41, 5.74) is 2.11. The lowest BCUT2D eigenvalue weighted by atomic mass is 10.1. The van der Waals surface area contributed by atoms with Crippen molar-refractivity contribution in [3.05, 3.63) is 48.5 Å². The minimum atomic E-state index is -0.935. The van der Waals surface area contributed by atoms with Crippen molar-refractivity contribution in [3.8, 4) is 0 Å². The molecule has 0 saturated carbocycles. The molecule has 2 N–H and O–H groups in total. The number of rotatable bonds is 4. The van der Waals surface area contributed by atoms with Gasteiger partial charge in [-0.1, -0.05) is 30.8 Å². The van der Waals surface area contributed by atoms with Crippen molar-refractivity contribution in [1.82, 2.24) is 0 Å². The van der Waals surface area contributed by atoms with Crippen LogP contribution in [0.4, 0.5) is 17.1 Å². The predicted molar refractivity (Wildman–Crippen MR) is 106 cm³/mol. The summed E-state index contributed by atoms with van der Waals surface area (Å²) in [6.45, 7) is 1.79. The molecule has 138 valence electrons. The summed E-state index contributed by atoms with van der Waals surface area (Å²) in [5, 5.41) is 5.70. The maximum absolute atomic E-state index is 13.1. The van der Waals surface area contributed by atoms with E-state index in [0.717, 1.165) is 10.6 Å². The number of hydrogen-bond donors (Lipinski definition) is 2. The van der Waals surface area contributed by atoms with Crippen molar-refractivity contribution in [3.63, 3.8) is 0 Å². The molecule has 1 fully saturated rings. The average Bonchev–Trinajstić information content (AvgIpc) is 3.19. The molecule has 0 bridgehead atoms. The number of nitrogens with one attached hydrogen (secondary N) is 2. The minimum Gasteiger partial charge on any atom is -0.326 e. The van der Waals surface area contributed by atoms with Gasteiger partial charge in [0.25, 0.3) is 5.91 Å². The van der Waals surface area contributed by atoms with Gasteiger partial charge in [-0.15, -0.1) is 0 Å². The third-order valence-electron chi connectivity index (χ3n) is 4.78. The molecule has 27 heavy (non-hydrogen) atoms. The van der Waals surface area contributed by atoms with Gasteiger partial charge in [-0.25, -0.2) is 0 Å². The van der Waals surface area contributed by atoms with E-state index < -0.39 is 4.87 Å². The first kappa shape index (κ1) is 17.6. The Morgan fingerprint density at radius 2 is 1.74 bits per heavy atom. The van der Waals surface area contributed by atoms with Gasteiger partial charge in [0.05, 0.1) is 5.69 Å². The van der Waals surface area contributed by atoms with Crippen LogP contribution in [0.5, 0.6) is 0 Å². The van der Waals surface area contributed by atoms with Gasteiger partial charge in [-0.3, -0.25) is 19.3 Å². The fourth-order valence-corrected chi connectivity index (χ4v) is 4.83. The van der Waals surface area contributed by atoms with Crippen molar-refractivity contribution < 1.29 is 14.4 Å². The highest BCUT2D eigenvalue weighted by Crippen LogP contribution is 2.55. The van der Waals surface area contributed by atoms with E-state index in [1.54, 1.807) is 36.1 Å². The van der Waals surface area contributed by atoms with Gasteiger partial charge >= 0.3 is 0 Å². The summed E-state index contributed by atoms with van der Waals surface area (Å²) < 4.78 is 0. The maximum Gasteiger partial charge on any atom is 0.261 e. The molecule has 1 saturated heterocycles. The molecular formula is C20H19N3O3S. The molecule has 0 spiro atoms. The lowest BCUT2D eigenvalue weighted by Crippen LogP contribution is -2.49. The predicted octanol–water partition coefficient (Wildman–Crippen LogP) is 3.60. The summed E-state index contributed by atoms with van der Waals surface area (Å²) in [4.78, 5) is 38.7. The zero-order chi connectivity index (χ0) is 19.0. The Morgan fingerprint density at radius 1 is 1.07 bits per heavy atom. The summed E-state index contributed by atoms with van der Waals surface area (Å²) in [6, 6.07) is 14.6. The molecule has 4 rings (SSSR count). The standard InChI is InChI=1S/C20H19N3O3S/c1-2-17(24)21-13-7-9-14(10-8-13)22-19(26)20-12-11-18(25)23(20)15-5-3-4-6-16(15)27-20/h3-10H,2,11-12H2,1H3,(H,21,24)(H,22,26). The largest absolute Gasteiger partial charge is 0.326 e. The molecule has 1 unspecified atom stereocenters. The van der Waals surface area contributed by atoms with Gasteiger partial charge in [0.1, 0.15) is 0 Å². The number of benzene rings is 2. The van der Waals surface area contributed by atoms with Crippen LogP contribution >= 0.6 is 11.8 Å². The Balaban J connectivity index is 1.55. The van der Waals surface area contributed by atoms with Crippen LogP contribution in [0.25, 0.3) is 0 Å². The highest BCUT2D eigenvalue weighted by molar-refractivity contribution is 8.02. The van der Waals surface area contributed by atoms with Crippen molar-refractivity contribution in [2.75, 3.05) is 15.5 Å². The number of fused-ring (bicyclic) bond motifs is 3. The first-order valence-corrected chi connectivity index (χ1v) is 9.67. The van der Waals surface area contributed by atoms with Crippen LogP contribution in [-0.4, -0.2) is 22.6 Å². The van der Waals surface area contributed by atoms with Gasteiger partial charge < -0.3 is 10.6 Å². The lowest BCUT2D eigenvalue weighted by Gasteiger charge is -2.29. The Hall–Kier alpha value is -2.80. The molecule has 1 atom stereocenters. The molecule has 3 amide bonds. The molecule has 6 nitrogen and oxygen atoms in total. The molecule has 2 heterocycles. The van der Waals surface area contributed by atoms with Crippen LogP contribution in [0.15, 0.2) is 53.4 Å². The molecule has 2 aromatic carbocycles. The quantitative estimate of drug-likeness (QED) is 0.848. The molecule has 0 aliphatic carbocycles. The number of para-hydroxylation sites is 1. The van der Waals surface area contributed by atoms with Crippen LogP contribution in [0.3, 0.4) is 0 Å². The van der Waals surface area contributed by atoms with Gasteiger partial charge in [0.15, 0.2) is 4.87 Å². The third kappa shape index (κ3) is 2.98. The van der Waals surface area contributed by atoms with Crippen molar-refractivity contribution >= 4 is 46.5 Å². The number of hydrogen-bond acceptors (Lipinski definition) is 4. The van der Waals surface area contributed by atoms with Crippen LogP contribution < -0.4 is 15.5 Å². The normalized spacial score (nSPS) is 20.2. The highest BCUT2D eigenvalue weighted by atomic mass is 32.2. The summed E-state index contributed by atoms with van der Waals surface area (Å²) in [5.74, 6) is -0.300. The molecular weight excluding hydrogens is 362 g/mol. The van der Waals surface area contributed by atoms with E-state index in [2.05, 4.69) is 10.6 Å². The fourth-order valence-electron chi connectivity index (χ4n) is 3.41. The first-order valence-electron chi connectivity index (χ1n) is 8.86. The minimum absolute atomic E-state index is 0.0276. The maximum atomic E-state index is 13.1. The van der Waals surface area contributed by atoms with E-state index in [4.69, 9.17) is 0 Å². The van der Waals surface area contributed by atoms with Gasteiger partial charge in [0, 0.05) is 29.1 Å². The zero-order valence-corrected chi connectivity index (χ0v) is 15.6. The molecule has 0 aromatic heterocycles. The Labute approximate surface area is 161 Å². The zero-order valence-electron chi connectivity index (χ0n) is 14.8. The highest BCUT2D eigenvalue weighted by Gasteiger charge is 2.57. The third-order valence-corrected chi connectivity index (χ3v) is 6.25. The van der Waals surface area contributed by atoms with Crippen molar-refractivity contribution in [2.24, 2.45) is 0 Å². The number of carbonyl (C=O) groups is 3. The lowest BCUT2D eigenvalue weighted by molar-refractivity contribution is -0.121. The summed E-state index contributed by atoms with van der Waals surface area (Å²) in [7, 11) is 0. The van der Waals surface area contributed by atoms with Crippen molar-refractivity contribution in [1.29, 1.82) is 0 Å². The summed E-state index contributed by atoms with van der Waals surface area (Å²) in [6.07, 6.45) is 1.24. The number of thioether (sulfide) groups is 1. The fraction of sp³-hybridized carbons (Fsp3) is 0.250. The van der Waals surface area contributed by atoms with Crippen LogP contribution in [0.2, 0.25) is 0 Å². The van der Waals surface area contributed by atoms with Crippen LogP contribution in [-0.2, 0) is 14.4 Å². The monoisotopic (exact) mass is 381 g/mol. The Bertz CT molecular complexity index is 928. The second kappa shape index (κ2) is 6.74. The molecule has 2 aliphatic heterocycles. The van der Waals surface area contributed by atoms with E-state index in [0.29, 0.717) is 30.6 Å². The number of nitrogens with zero attached hydrogens (tertiary/aromatic N) is 1. The van der Waals surface area contributed by atoms with E-state index in [1.165, 1.54) is 11.8 Å². The van der Waals surface area contributed by atoms with Gasteiger partial charge in [0.2, 0.25) is 11.8 Å². The molecule has 0 radical (unpaired) electrons.